The van der Waals surface area contributed by atoms with Crippen LogP contribution in [-0.2, 0) is 20.3 Å². The zero-order chi connectivity index (χ0) is 30.5. The Morgan fingerprint density at radius 1 is 0.905 bits per heavy atom. The van der Waals surface area contributed by atoms with Crippen molar-refractivity contribution in [3.63, 3.8) is 0 Å². The number of aryl methyl sites for hydroxylation is 3. The molecule has 0 spiro atoms. The Labute approximate surface area is 239 Å². The highest BCUT2D eigenvalue weighted by Gasteiger charge is 2.36. The number of rotatable bonds is 5. The minimum Gasteiger partial charge on any atom is -0.377 e. The molecule has 0 fully saturated rings. The van der Waals surface area contributed by atoms with Gasteiger partial charge in [0.05, 0.1) is 11.4 Å². The highest BCUT2D eigenvalue weighted by molar-refractivity contribution is 5.89. The van der Waals surface area contributed by atoms with Gasteiger partial charge in [0, 0.05) is 66.5 Å². The maximum atomic E-state index is 13.8. The highest BCUT2D eigenvalue weighted by atomic mass is 19.4. The summed E-state index contributed by atoms with van der Waals surface area (Å²) in [5, 5.41) is 4.01. The number of alkyl halides is 3. The molecule has 216 valence electrons. The smallest absolute Gasteiger partial charge is 0.377 e. The second kappa shape index (κ2) is 10.6. The largest absolute Gasteiger partial charge is 0.435 e. The monoisotopic (exact) mass is 574 g/mol. The predicted octanol–water partition coefficient (Wildman–Crippen LogP) is 5.87. The summed E-state index contributed by atoms with van der Waals surface area (Å²) in [6, 6.07) is 9.51. The van der Waals surface area contributed by atoms with Crippen molar-refractivity contribution in [3.05, 3.63) is 104 Å². The van der Waals surface area contributed by atoms with E-state index < -0.39 is 17.9 Å². The van der Waals surface area contributed by atoms with Crippen LogP contribution in [0.3, 0.4) is 0 Å². The van der Waals surface area contributed by atoms with Crippen LogP contribution in [0.1, 0.15) is 41.0 Å². The van der Waals surface area contributed by atoms with Gasteiger partial charge in [-0.15, -0.1) is 0 Å². The standard InChI is InChI=1S/C31H29F3N6O2/c1-16-11-22(19(4)38-25-8-7-17(2)37-27(25)31(32,33)34)23-13-26(40(6)30(42)24(23)12-16)20-14-35-28(36-15-20)21-9-10-39(5)29(41)18(21)3/h7-15,19,38H,1-6H3/t19-/m1/s1. The van der Waals surface area contributed by atoms with Crippen molar-refractivity contribution in [2.45, 2.75) is 39.9 Å². The Bertz CT molecular complexity index is 1960. The van der Waals surface area contributed by atoms with Crippen LogP contribution >= 0.6 is 0 Å². The van der Waals surface area contributed by atoms with Crippen LogP contribution in [0.4, 0.5) is 18.9 Å². The molecule has 1 atom stereocenters. The Balaban J connectivity index is 1.60. The van der Waals surface area contributed by atoms with Gasteiger partial charge in [0.1, 0.15) is 0 Å². The van der Waals surface area contributed by atoms with E-state index in [9.17, 15) is 22.8 Å². The summed E-state index contributed by atoms with van der Waals surface area (Å²) in [5.41, 5.74) is 2.39. The van der Waals surface area contributed by atoms with Crippen LogP contribution in [0.5, 0.6) is 0 Å². The number of halogens is 3. The van der Waals surface area contributed by atoms with Crippen molar-refractivity contribution in [2.75, 3.05) is 5.32 Å². The van der Waals surface area contributed by atoms with Crippen LogP contribution in [0.15, 0.2) is 64.6 Å². The lowest BCUT2D eigenvalue weighted by molar-refractivity contribution is -0.140. The van der Waals surface area contributed by atoms with Crippen molar-refractivity contribution in [1.29, 1.82) is 0 Å². The van der Waals surface area contributed by atoms with Gasteiger partial charge < -0.3 is 14.5 Å². The molecule has 1 N–H and O–H groups in total. The molecule has 4 aromatic heterocycles. The normalized spacial score (nSPS) is 12.5. The summed E-state index contributed by atoms with van der Waals surface area (Å²) in [5.74, 6) is 0.376. The molecule has 0 aliphatic rings. The number of pyridine rings is 3. The maximum Gasteiger partial charge on any atom is 0.435 e. The third kappa shape index (κ3) is 5.17. The van der Waals surface area contributed by atoms with Crippen molar-refractivity contribution >= 4 is 16.5 Å². The number of aromatic nitrogens is 5. The summed E-state index contributed by atoms with van der Waals surface area (Å²) in [4.78, 5) is 38.6. The Morgan fingerprint density at radius 3 is 2.26 bits per heavy atom. The Kier molecular flexibility index (Phi) is 7.21. The first-order chi connectivity index (χ1) is 19.8. The topological polar surface area (TPSA) is 94.7 Å². The minimum absolute atomic E-state index is 0.144. The van der Waals surface area contributed by atoms with Gasteiger partial charge in [0.2, 0.25) is 0 Å². The first-order valence-corrected chi connectivity index (χ1v) is 13.2. The molecule has 0 bridgehead atoms. The Morgan fingerprint density at radius 2 is 1.60 bits per heavy atom. The first-order valence-electron chi connectivity index (χ1n) is 13.2. The van der Waals surface area contributed by atoms with Crippen LogP contribution in [0.2, 0.25) is 0 Å². The molecule has 0 saturated carbocycles. The average molecular weight is 575 g/mol. The number of hydrogen-bond acceptors (Lipinski definition) is 6. The first kappa shape index (κ1) is 28.7. The van der Waals surface area contributed by atoms with Crippen molar-refractivity contribution < 1.29 is 13.2 Å². The molecule has 4 heterocycles. The highest BCUT2D eigenvalue weighted by Crippen LogP contribution is 2.36. The molecule has 0 amide bonds. The molecule has 11 heteroatoms. The van der Waals surface area contributed by atoms with Gasteiger partial charge in [-0.1, -0.05) is 6.07 Å². The fraction of sp³-hybridized carbons (Fsp3) is 0.258. The van der Waals surface area contributed by atoms with Gasteiger partial charge in [-0.25, -0.2) is 15.0 Å². The van der Waals surface area contributed by atoms with Crippen molar-refractivity contribution in [3.8, 4) is 22.6 Å². The molecular formula is C31H29F3N6O2. The molecule has 0 aliphatic heterocycles. The number of nitrogens with zero attached hydrogens (tertiary/aromatic N) is 5. The van der Waals surface area contributed by atoms with Gasteiger partial charge in [-0.3, -0.25) is 9.59 Å². The summed E-state index contributed by atoms with van der Waals surface area (Å²) in [6.07, 6.45) is 0.188. The summed E-state index contributed by atoms with van der Waals surface area (Å²) >= 11 is 0. The molecule has 0 aliphatic carbocycles. The van der Waals surface area contributed by atoms with Crippen LogP contribution < -0.4 is 16.4 Å². The molecular weight excluding hydrogens is 545 g/mol. The van der Waals surface area contributed by atoms with Crippen molar-refractivity contribution in [2.24, 2.45) is 14.1 Å². The van der Waals surface area contributed by atoms with Gasteiger partial charge in [0.15, 0.2) is 11.5 Å². The fourth-order valence-electron chi connectivity index (χ4n) is 5.12. The summed E-state index contributed by atoms with van der Waals surface area (Å²) in [6.45, 7) is 6.80. The molecule has 1 aromatic carbocycles. The van der Waals surface area contributed by atoms with E-state index in [4.69, 9.17) is 0 Å². The lowest BCUT2D eigenvalue weighted by Crippen LogP contribution is -2.21. The van der Waals surface area contributed by atoms with E-state index in [0.717, 1.165) is 5.56 Å². The van der Waals surface area contributed by atoms with E-state index in [1.165, 1.54) is 28.2 Å². The van der Waals surface area contributed by atoms with Gasteiger partial charge in [-0.05, 0) is 74.5 Å². The van der Waals surface area contributed by atoms with Crippen LogP contribution in [0, 0.1) is 20.8 Å². The molecule has 0 unspecified atom stereocenters. The second-order valence-corrected chi connectivity index (χ2v) is 10.5. The van der Waals surface area contributed by atoms with Crippen LogP contribution in [0.25, 0.3) is 33.4 Å². The van der Waals surface area contributed by atoms with E-state index in [1.807, 2.05) is 19.1 Å². The number of fused-ring (bicyclic) bond motifs is 1. The maximum absolute atomic E-state index is 13.8. The van der Waals surface area contributed by atoms with Gasteiger partial charge in [0.25, 0.3) is 11.1 Å². The number of hydrogen-bond donors (Lipinski definition) is 1. The lowest BCUT2D eigenvalue weighted by Gasteiger charge is -2.22. The van der Waals surface area contributed by atoms with Gasteiger partial charge >= 0.3 is 6.18 Å². The molecule has 5 rings (SSSR count). The third-order valence-corrected chi connectivity index (χ3v) is 7.37. The zero-order valence-electron chi connectivity index (χ0n) is 24.0. The van der Waals surface area contributed by atoms with E-state index >= 15 is 0 Å². The van der Waals surface area contributed by atoms with E-state index in [1.54, 1.807) is 58.7 Å². The quantitative estimate of drug-likeness (QED) is 0.282. The van der Waals surface area contributed by atoms with E-state index in [2.05, 4.69) is 20.3 Å². The molecule has 0 radical (unpaired) electrons. The lowest BCUT2D eigenvalue weighted by atomic mass is 9.96. The van der Waals surface area contributed by atoms with Crippen LogP contribution in [-0.4, -0.2) is 24.1 Å². The number of benzene rings is 1. The third-order valence-electron chi connectivity index (χ3n) is 7.37. The summed E-state index contributed by atoms with van der Waals surface area (Å²) < 4.78 is 44.2. The molecule has 0 saturated heterocycles. The zero-order valence-corrected chi connectivity index (χ0v) is 24.0. The number of anilines is 1. The minimum atomic E-state index is -4.64. The van der Waals surface area contributed by atoms with E-state index in [0.29, 0.717) is 44.5 Å². The van der Waals surface area contributed by atoms with Crippen molar-refractivity contribution in [1.82, 2.24) is 24.1 Å². The predicted molar refractivity (Wildman–Crippen MR) is 156 cm³/mol. The SMILES string of the molecule is Cc1cc([C@@H](C)Nc2ccc(C)nc2C(F)(F)F)c2cc(-c3cnc(-c4ccn(C)c(=O)c4C)nc3)n(C)c(=O)c2c1. The molecule has 42 heavy (non-hydrogen) atoms. The molecule has 8 nitrogen and oxygen atoms in total. The van der Waals surface area contributed by atoms with E-state index in [-0.39, 0.29) is 22.5 Å². The number of nitrogens with one attached hydrogen (secondary N) is 1. The average Bonchev–Trinajstić information content (AvgIpc) is 2.94. The Hall–Kier alpha value is -4.80. The summed E-state index contributed by atoms with van der Waals surface area (Å²) in [7, 11) is 3.32. The molecule has 5 aromatic rings. The fourth-order valence-corrected chi connectivity index (χ4v) is 5.12. The second-order valence-electron chi connectivity index (χ2n) is 10.5. The van der Waals surface area contributed by atoms with Gasteiger partial charge in [-0.2, -0.15) is 13.2 Å².